The summed E-state index contributed by atoms with van der Waals surface area (Å²) in [5, 5.41) is 6.77. The minimum atomic E-state index is -0.0653. The number of nitrogens with zero attached hydrogens (tertiary/aromatic N) is 2. The molecule has 2 heterocycles. The van der Waals surface area contributed by atoms with Crippen molar-refractivity contribution in [3.05, 3.63) is 29.3 Å². The van der Waals surface area contributed by atoms with Gasteiger partial charge in [0, 0.05) is 45.3 Å². The Balaban J connectivity index is 1.49. The van der Waals surface area contributed by atoms with E-state index < -0.39 is 0 Å². The van der Waals surface area contributed by atoms with E-state index in [0.717, 1.165) is 39.3 Å². The van der Waals surface area contributed by atoms with Crippen LogP contribution >= 0.6 is 11.6 Å². The highest BCUT2D eigenvalue weighted by Crippen LogP contribution is 2.22. The molecule has 6 heteroatoms. The molecule has 0 bridgehead atoms. The van der Waals surface area contributed by atoms with Crippen LogP contribution < -0.4 is 10.6 Å². The summed E-state index contributed by atoms with van der Waals surface area (Å²) in [5.74, 6) is 0. The molecule has 0 radical (unpaired) electrons. The van der Waals surface area contributed by atoms with Gasteiger partial charge < -0.3 is 15.5 Å². The minimum absolute atomic E-state index is 0.0653. The predicted octanol–water partition coefficient (Wildman–Crippen LogP) is 1.46. The topological polar surface area (TPSA) is 47.6 Å². The van der Waals surface area contributed by atoms with Crippen LogP contribution in [0.5, 0.6) is 0 Å². The lowest BCUT2D eigenvalue weighted by molar-refractivity contribution is 0.0537. The fourth-order valence-electron chi connectivity index (χ4n) is 2.66. The maximum absolute atomic E-state index is 12.1. The van der Waals surface area contributed by atoms with Crippen molar-refractivity contribution in [2.75, 3.05) is 44.6 Å². The molecule has 3 rings (SSSR count). The molecule has 2 aliphatic heterocycles. The number of urea groups is 1. The highest BCUT2D eigenvalue weighted by atomic mass is 35.5. The molecule has 0 spiro atoms. The van der Waals surface area contributed by atoms with E-state index in [9.17, 15) is 4.79 Å². The first kappa shape index (κ1) is 13.7. The molecule has 0 aliphatic carbocycles. The van der Waals surface area contributed by atoms with E-state index >= 15 is 0 Å². The fraction of sp³-hybridized carbons (Fsp3) is 0.500. The van der Waals surface area contributed by atoms with Gasteiger partial charge >= 0.3 is 6.03 Å². The number of carbonyl (C=O) groups is 1. The van der Waals surface area contributed by atoms with Crippen molar-refractivity contribution in [3.63, 3.8) is 0 Å². The number of hydrogen-bond donors (Lipinski definition) is 2. The normalized spacial score (nSPS) is 20.6. The van der Waals surface area contributed by atoms with E-state index in [2.05, 4.69) is 15.5 Å². The quantitative estimate of drug-likeness (QED) is 0.868. The number of halogens is 1. The number of carbonyl (C=O) groups excluding carboxylic acids is 1. The molecule has 0 unspecified atom stereocenters. The summed E-state index contributed by atoms with van der Waals surface area (Å²) in [7, 11) is 0. The van der Waals surface area contributed by atoms with Gasteiger partial charge in [-0.05, 0) is 12.1 Å². The Bertz CT molecular complexity index is 484. The number of anilines is 1. The second-order valence-electron chi connectivity index (χ2n) is 5.25. The van der Waals surface area contributed by atoms with Crippen LogP contribution in [-0.2, 0) is 0 Å². The third kappa shape index (κ3) is 2.90. The number of piperazine rings is 1. The number of rotatable bonds is 2. The molecule has 2 aliphatic rings. The maximum atomic E-state index is 12.1. The monoisotopic (exact) mass is 294 g/mol. The Morgan fingerprint density at radius 3 is 2.65 bits per heavy atom. The lowest BCUT2D eigenvalue weighted by Gasteiger charge is -2.46. The van der Waals surface area contributed by atoms with E-state index in [1.807, 2.05) is 23.1 Å². The van der Waals surface area contributed by atoms with Gasteiger partial charge in [0.15, 0.2) is 0 Å². The van der Waals surface area contributed by atoms with Crippen LogP contribution in [0.4, 0.5) is 10.5 Å². The molecule has 20 heavy (non-hydrogen) atoms. The van der Waals surface area contributed by atoms with Crippen molar-refractivity contribution in [2.24, 2.45) is 0 Å². The van der Waals surface area contributed by atoms with Crippen LogP contribution in [0.2, 0.25) is 5.02 Å². The van der Waals surface area contributed by atoms with Crippen molar-refractivity contribution >= 4 is 23.3 Å². The van der Waals surface area contributed by atoms with Gasteiger partial charge in [-0.2, -0.15) is 0 Å². The van der Waals surface area contributed by atoms with Crippen LogP contribution in [-0.4, -0.2) is 61.1 Å². The van der Waals surface area contributed by atoms with Crippen LogP contribution in [0.3, 0.4) is 0 Å². The second kappa shape index (κ2) is 5.99. The molecule has 2 saturated heterocycles. The van der Waals surface area contributed by atoms with Crippen LogP contribution in [0.25, 0.3) is 0 Å². The first-order valence-corrected chi connectivity index (χ1v) is 7.37. The molecule has 0 atom stereocenters. The van der Waals surface area contributed by atoms with E-state index in [1.54, 1.807) is 6.07 Å². The van der Waals surface area contributed by atoms with Gasteiger partial charge in [-0.3, -0.25) is 4.90 Å². The van der Waals surface area contributed by atoms with Crippen molar-refractivity contribution < 1.29 is 4.79 Å². The fourth-order valence-corrected chi connectivity index (χ4v) is 2.84. The highest BCUT2D eigenvalue weighted by Gasteiger charge is 2.35. The summed E-state index contributed by atoms with van der Waals surface area (Å²) in [6.45, 7) is 5.84. The zero-order valence-electron chi connectivity index (χ0n) is 11.3. The van der Waals surface area contributed by atoms with Crippen LogP contribution in [0.1, 0.15) is 0 Å². The van der Waals surface area contributed by atoms with Gasteiger partial charge in [-0.15, -0.1) is 0 Å². The summed E-state index contributed by atoms with van der Waals surface area (Å²) in [6.07, 6.45) is 0. The zero-order chi connectivity index (χ0) is 13.9. The standard InChI is InChI=1S/C14H19ClN4O/c15-12-3-1-2-4-13(12)17-14(20)19-9-11(10-19)18-7-5-16-6-8-18/h1-4,11,16H,5-10H2,(H,17,20). The lowest BCUT2D eigenvalue weighted by atomic mass is 10.1. The molecule has 0 saturated carbocycles. The molecular formula is C14H19ClN4O. The highest BCUT2D eigenvalue weighted by molar-refractivity contribution is 6.33. The van der Waals surface area contributed by atoms with Gasteiger partial charge in [0.1, 0.15) is 0 Å². The molecule has 1 aromatic carbocycles. The van der Waals surface area contributed by atoms with Crippen molar-refractivity contribution in [2.45, 2.75) is 6.04 Å². The third-order valence-electron chi connectivity index (χ3n) is 3.93. The van der Waals surface area contributed by atoms with Crippen molar-refractivity contribution in [3.8, 4) is 0 Å². The number of nitrogens with one attached hydrogen (secondary N) is 2. The Morgan fingerprint density at radius 1 is 1.25 bits per heavy atom. The number of likely N-dealkylation sites (tertiary alicyclic amines) is 1. The molecule has 108 valence electrons. The van der Waals surface area contributed by atoms with Crippen molar-refractivity contribution in [1.82, 2.24) is 15.1 Å². The Morgan fingerprint density at radius 2 is 1.95 bits per heavy atom. The average molecular weight is 295 g/mol. The summed E-state index contributed by atoms with van der Waals surface area (Å²) in [4.78, 5) is 16.4. The van der Waals surface area contributed by atoms with Gasteiger partial charge in [0.2, 0.25) is 0 Å². The van der Waals surface area contributed by atoms with E-state index in [0.29, 0.717) is 16.8 Å². The number of para-hydroxylation sites is 1. The van der Waals surface area contributed by atoms with Crippen molar-refractivity contribution in [1.29, 1.82) is 0 Å². The first-order valence-electron chi connectivity index (χ1n) is 6.99. The van der Waals surface area contributed by atoms with Gasteiger partial charge in [0.25, 0.3) is 0 Å². The first-order chi connectivity index (χ1) is 9.74. The lowest BCUT2D eigenvalue weighted by Crippen LogP contribution is -2.64. The van der Waals surface area contributed by atoms with Gasteiger partial charge in [0.05, 0.1) is 10.7 Å². The number of benzene rings is 1. The van der Waals surface area contributed by atoms with Crippen LogP contribution in [0.15, 0.2) is 24.3 Å². The van der Waals surface area contributed by atoms with E-state index in [-0.39, 0.29) is 6.03 Å². The van der Waals surface area contributed by atoms with Crippen LogP contribution in [0, 0.1) is 0 Å². The van der Waals surface area contributed by atoms with Gasteiger partial charge in [-0.25, -0.2) is 4.79 Å². The van der Waals surface area contributed by atoms with E-state index in [1.165, 1.54) is 0 Å². The molecule has 2 amide bonds. The Labute approximate surface area is 123 Å². The molecular weight excluding hydrogens is 276 g/mol. The summed E-state index contributed by atoms with van der Waals surface area (Å²) in [5.41, 5.74) is 0.671. The predicted molar refractivity (Wildman–Crippen MR) is 80.3 cm³/mol. The minimum Gasteiger partial charge on any atom is -0.321 e. The maximum Gasteiger partial charge on any atom is 0.321 e. The second-order valence-corrected chi connectivity index (χ2v) is 5.66. The average Bonchev–Trinajstić information content (AvgIpc) is 2.41. The molecule has 2 N–H and O–H groups in total. The molecule has 0 aromatic heterocycles. The van der Waals surface area contributed by atoms with E-state index in [4.69, 9.17) is 11.6 Å². The smallest absolute Gasteiger partial charge is 0.321 e. The molecule has 5 nitrogen and oxygen atoms in total. The zero-order valence-corrected chi connectivity index (χ0v) is 12.1. The Hall–Kier alpha value is -1.30. The largest absolute Gasteiger partial charge is 0.321 e. The summed E-state index contributed by atoms with van der Waals surface area (Å²) in [6, 6.07) is 7.74. The number of amides is 2. The number of hydrogen-bond acceptors (Lipinski definition) is 3. The molecule has 2 fully saturated rings. The summed E-state index contributed by atoms with van der Waals surface area (Å²) < 4.78 is 0. The summed E-state index contributed by atoms with van der Waals surface area (Å²) >= 11 is 6.04. The third-order valence-corrected chi connectivity index (χ3v) is 4.26. The molecule has 1 aromatic rings. The Kier molecular flexibility index (Phi) is 4.10. The SMILES string of the molecule is O=C(Nc1ccccc1Cl)N1CC(N2CCNCC2)C1. The van der Waals surface area contributed by atoms with Gasteiger partial charge in [-0.1, -0.05) is 23.7 Å².